The van der Waals surface area contributed by atoms with Gasteiger partial charge in [-0.25, -0.2) is 8.42 Å². The number of hydrogen-bond donors (Lipinski definition) is 1. The lowest BCUT2D eigenvalue weighted by molar-refractivity contribution is -0.117. The average molecular weight is 344 g/mol. The number of carbonyl (C=O) groups excluding carboxylic acids is 1. The van der Waals surface area contributed by atoms with Crippen molar-refractivity contribution < 1.29 is 13.2 Å². The van der Waals surface area contributed by atoms with Crippen LogP contribution < -0.4 is 5.32 Å². The number of nitrogens with one attached hydrogen (secondary N) is 1. The predicted octanol–water partition coefficient (Wildman–Crippen LogP) is 3.55. The maximum absolute atomic E-state index is 12.3. The first-order valence-electron chi connectivity index (χ1n) is 6.14. The topological polar surface area (TPSA) is 63.2 Å². The number of sulfone groups is 1. The minimum absolute atomic E-state index is 0.106. The molecule has 2 aromatic rings. The molecule has 112 valence electrons. The van der Waals surface area contributed by atoms with Gasteiger partial charge in [0.15, 0.2) is 9.84 Å². The molecule has 1 aromatic heterocycles. The molecule has 7 heteroatoms. The third kappa shape index (κ3) is 3.84. The lowest BCUT2D eigenvalue weighted by Crippen LogP contribution is -2.19. The molecule has 1 atom stereocenters. The number of rotatable bonds is 4. The van der Waals surface area contributed by atoms with Crippen LogP contribution >= 0.6 is 22.9 Å². The van der Waals surface area contributed by atoms with Crippen LogP contribution in [0.15, 0.2) is 41.3 Å². The van der Waals surface area contributed by atoms with E-state index in [1.165, 1.54) is 17.4 Å². The first-order valence-corrected chi connectivity index (χ1v) is 9.23. The van der Waals surface area contributed by atoms with E-state index in [2.05, 4.69) is 5.32 Å². The van der Waals surface area contributed by atoms with E-state index in [9.17, 15) is 13.2 Å². The molecular weight excluding hydrogens is 330 g/mol. The molecule has 4 nitrogen and oxygen atoms in total. The molecule has 0 saturated heterocycles. The van der Waals surface area contributed by atoms with Gasteiger partial charge in [-0.15, -0.1) is 11.3 Å². The molecule has 0 unspecified atom stereocenters. The summed E-state index contributed by atoms with van der Waals surface area (Å²) in [4.78, 5) is 13.2. The SMILES string of the molecule is C[C@H](C(=O)Nc1ccccc1S(C)(=O)=O)c1ccc(Cl)s1. The minimum Gasteiger partial charge on any atom is -0.324 e. The lowest BCUT2D eigenvalue weighted by Gasteiger charge is -2.13. The van der Waals surface area contributed by atoms with Crippen molar-refractivity contribution in [3.63, 3.8) is 0 Å². The summed E-state index contributed by atoms with van der Waals surface area (Å²) in [6.07, 6.45) is 1.11. The van der Waals surface area contributed by atoms with Crippen molar-refractivity contribution in [2.45, 2.75) is 17.7 Å². The van der Waals surface area contributed by atoms with Crippen LogP contribution in [0.3, 0.4) is 0 Å². The second kappa shape index (κ2) is 6.17. The highest BCUT2D eigenvalue weighted by atomic mass is 35.5. The number of para-hydroxylation sites is 1. The molecule has 1 amide bonds. The van der Waals surface area contributed by atoms with Gasteiger partial charge in [-0.05, 0) is 31.2 Å². The average Bonchev–Trinajstić information content (AvgIpc) is 2.84. The molecule has 0 saturated carbocycles. The molecule has 2 rings (SSSR count). The van der Waals surface area contributed by atoms with E-state index in [-0.39, 0.29) is 10.8 Å². The van der Waals surface area contributed by atoms with Crippen LogP contribution in [-0.2, 0) is 14.6 Å². The van der Waals surface area contributed by atoms with E-state index in [0.29, 0.717) is 10.0 Å². The van der Waals surface area contributed by atoms with Gasteiger partial charge in [-0.1, -0.05) is 23.7 Å². The van der Waals surface area contributed by atoms with Crippen molar-refractivity contribution in [3.05, 3.63) is 45.6 Å². The van der Waals surface area contributed by atoms with Gasteiger partial charge in [0.25, 0.3) is 0 Å². The smallest absolute Gasteiger partial charge is 0.232 e. The van der Waals surface area contributed by atoms with Crippen molar-refractivity contribution in [2.24, 2.45) is 0 Å². The Morgan fingerprint density at radius 3 is 2.48 bits per heavy atom. The monoisotopic (exact) mass is 343 g/mol. The molecule has 1 N–H and O–H groups in total. The second-order valence-corrected chi connectivity index (χ2v) is 8.35. The maximum Gasteiger partial charge on any atom is 0.232 e. The fourth-order valence-electron chi connectivity index (χ4n) is 1.82. The first kappa shape index (κ1) is 16.0. The highest BCUT2D eigenvalue weighted by molar-refractivity contribution is 7.90. The van der Waals surface area contributed by atoms with Crippen molar-refractivity contribution in [3.8, 4) is 0 Å². The summed E-state index contributed by atoms with van der Waals surface area (Å²) >= 11 is 7.19. The van der Waals surface area contributed by atoms with Gasteiger partial charge < -0.3 is 5.32 Å². The molecule has 1 heterocycles. The van der Waals surface area contributed by atoms with Crippen LogP contribution in [0.2, 0.25) is 4.34 Å². The van der Waals surface area contributed by atoms with E-state index in [4.69, 9.17) is 11.6 Å². The third-order valence-electron chi connectivity index (χ3n) is 2.96. The Morgan fingerprint density at radius 2 is 1.90 bits per heavy atom. The molecule has 0 fully saturated rings. The van der Waals surface area contributed by atoms with Crippen LogP contribution in [0.25, 0.3) is 0 Å². The van der Waals surface area contributed by atoms with Gasteiger partial charge in [0.05, 0.1) is 20.8 Å². The minimum atomic E-state index is -3.40. The molecule has 0 radical (unpaired) electrons. The fourth-order valence-corrected chi connectivity index (χ4v) is 3.78. The fraction of sp³-hybridized carbons (Fsp3) is 0.214. The Hall–Kier alpha value is -1.37. The number of hydrogen-bond acceptors (Lipinski definition) is 4. The number of halogens is 1. The van der Waals surface area contributed by atoms with Crippen molar-refractivity contribution in [2.75, 3.05) is 11.6 Å². The summed E-state index contributed by atoms with van der Waals surface area (Å²) < 4.78 is 24.0. The highest BCUT2D eigenvalue weighted by Gasteiger charge is 2.20. The Balaban J connectivity index is 2.25. The van der Waals surface area contributed by atoms with Gasteiger partial charge in [0.2, 0.25) is 5.91 Å². The van der Waals surface area contributed by atoms with Crippen LogP contribution in [0, 0.1) is 0 Å². The van der Waals surface area contributed by atoms with Gasteiger partial charge in [0.1, 0.15) is 0 Å². The number of carbonyl (C=O) groups is 1. The van der Waals surface area contributed by atoms with Crippen molar-refractivity contribution >= 4 is 44.4 Å². The predicted molar refractivity (Wildman–Crippen MR) is 85.9 cm³/mol. The van der Waals surface area contributed by atoms with E-state index in [0.717, 1.165) is 11.1 Å². The summed E-state index contributed by atoms with van der Waals surface area (Å²) in [5, 5.41) is 2.67. The normalized spacial score (nSPS) is 12.9. The molecule has 0 bridgehead atoms. The molecule has 0 aliphatic carbocycles. The molecule has 0 spiro atoms. The Bertz CT molecular complexity index is 768. The quantitative estimate of drug-likeness (QED) is 0.923. The summed E-state index contributed by atoms with van der Waals surface area (Å²) in [6, 6.07) is 9.86. The lowest BCUT2D eigenvalue weighted by atomic mass is 10.1. The molecular formula is C14H14ClNO3S2. The summed E-state index contributed by atoms with van der Waals surface area (Å²) in [6.45, 7) is 1.75. The number of amides is 1. The Kier molecular flexibility index (Phi) is 4.70. The molecule has 0 aliphatic rings. The van der Waals surface area contributed by atoms with E-state index >= 15 is 0 Å². The van der Waals surface area contributed by atoms with Gasteiger partial charge in [-0.3, -0.25) is 4.79 Å². The molecule has 1 aromatic carbocycles. The largest absolute Gasteiger partial charge is 0.324 e. The summed E-state index contributed by atoms with van der Waals surface area (Å²) in [7, 11) is -3.40. The summed E-state index contributed by atoms with van der Waals surface area (Å²) in [5.41, 5.74) is 0.291. The van der Waals surface area contributed by atoms with Gasteiger partial charge in [-0.2, -0.15) is 0 Å². The second-order valence-electron chi connectivity index (χ2n) is 4.62. The zero-order valence-electron chi connectivity index (χ0n) is 11.5. The van der Waals surface area contributed by atoms with Gasteiger partial charge >= 0.3 is 0 Å². The number of thiophene rings is 1. The number of anilines is 1. The van der Waals surface area contributed by atoms with Crippen molar-refractivity contribution in [1.82, 2.24) is 0 Å². The molecule has 0 aliphatic heterocycles. The van der Waals surface area contributed by atoms with E-state index in [1.54, 1.807) is 37.3 Å². The van der Waals surface area contributed by atoms with Crippen molar-refractivity contribution in [1.29, 1.82) is 0 Å². The Morgan fingerprint density at radius 1 is 1.24 bits per heavy atom. The molecule has 21 heavy (non-hydrogen) atoms. The van der Waals surface area contributed by atoms with E-state index < -0.39 is 15.8 Å². The highest BCUT2D eigenvalue weighted by Crippen LogP contribution is 2.29. The summed E-state index contributed by atoms with van der Waals surface area (Å²) in [5.74, 6) is -0.681. The third-order valence-corrected chi connectivity index (χ3v) is 5.53. The van der Waals surface area contributed by atoms with Gasteiger partial charge in [0, 0.05) is 11.1 Å². The number of benzene rings is 1. The first-order chi connectivity index (χ1) is 9.79. The maximum atomic E-state index is 12.3. The zero-order chi connectivity index (χ0) is 15.6. The standard InChI is InChI=1S/C14H14ClNO3S2/c1-9(11-7-8-13(15)20-11)14(17)16-10-5-3-4-6-12(10)21(2,18)19/h3-9H,1-2H3,(H,16,17)/t9-/m0/s1. The van der Waals surface area contributed by atoms with Crippen LogP contribution in [-0.4, -0.2) is 20.6 Å². The van der Waals surface area contributed by atoms with E-state index in [1.807, 2.05) is 0 Å². The van der Waals surface area contributed by atoms with Crippen LogP contribution in [0.5, 0.6) is 0 Å². The van der Waals surface area contributed by atoms with Crippen LogP contribution in [0.1, 0.15) is 17.7 Å². The zero-order valence-corrected chi connectivity index (χ0v) is 13.8. The van der Waals surface area contributed by atoms with Crippen LogP contribution in [0.4, 0.5) is 5.69 Å². The Labute approximate surface area is 132 Å².